The van der Waals surface area contributed by atoms with Gasteiger partial charge >= 0.3 is 5.69 Å². The van der Waals surface area contributed by atoms with Gasteiger partial charge in [-0.3, -0.25) is 19.9 Å². The van der Waals surface area contributed by atoms with Gasteiger partial charge in [0.2, 0.25) is 0 Å². The molecule has 8 heteroatoms. The summed E-state index contributed by atoms with van der Waals surface area (Å²) in [5.74, 6) is 0.758. The quantitative estimate of drug-likeness (QED) is 0.385. The number of methoxy groups -OCH3 is 1. The average Bonchev–Trinajstić information content (AvgIpc) is 3.15. The van der Waals surface area contributed by atoms with E-state index in [1.807, 2.05) is 36.4 Å². The highest BCUT2D eigenvalue weighted by Gasteiger charge is 2.32. The maximum absolute atomic E-state index is 12.7. The largest absolute Gasteiger partial charge is 0.497 e. The number of rotatable bonds is 2. The molecule has 3 heterocycles. The zero-order valence-electron chi connectivity index (χ0n) is 14.3. The first-order chi connectivity index (χ1) is 13.2. The van der Waals surface area contributed by atoms with Crippen LogP contribution in [0.4, 0.5) is 11.5 Å². The third-order valence-electron chi connectivity index (χ3n) is 4.93. The highest BCUT2D eigenvalue weighted by molar-refractivity contribution is 5.92. The lowest BCUT2D eigenvalue weighted by atomic mass is 9.81. The fourth-order valence-corrected chi connectivity index (χ4v) is 3.74. The molecule has 0 bridgehead atoms. The Bertz CT molecular complexity index is 1280. The van der Waals surface area contributed by atoms with Crippen molar-refractivity contribution in [1.82, 2.24) is 20.2 Å². The van der Waals surface area contributed by atoms with Crippen LogP contribution in [-0.2, 0) is 0 Å². The van der Waals surface area contributed by atoms with Crippen molar-refractivity contribution in [1.29, 1.82) is 0 Å². The highest BCUT2D eigenvalue weighted by atomic mass is 16.5. The predicted octanol–water partition coefficient (Wildman–Crippen LogP) is 2.19. The molecule has 134 valence electrons. The maximum Gasteiger partial charge on any atom is 0.327 e. The SMILES string of the molecule is COc1ccc(C2c3c([nH]c(=O)[nH]c3=O)Nc3ccc4[nH]ncc4c32)cc1. The number of nitrogens with zero attached hydrogens (tertiary/aromatic N) is 1. The lowest BCUT2D eigenvalue weighted by molar-refractivity contribution is 0.414. The molecule has 0 aliphatic carbocycles. The molecule has 0 saturated carbocycles. The molecule has 0 saturated heterocycles. The van der Waals surface area contributed by atoms with Crippen LogP contribution in [0, 0.1) is 0 Å². The lowest BCUT2D eigenvalue weighted by Gasteiger charge is -2.29. The summed E-state index contributed by atoms with van der Waals surface area (Å²) in [7, 11) is 1.61. The molecule has 4 aromatic rings. The van der Waals surface area contributed by atoms with Crippen molar-refractivity contribution >= 4 is 22.4 Å². The van der Waals surface area contributed by atoms with Gasteiger partial charge < -0.3 is 10.1 Å². The molecule has 0 spiro atoms. The minimum Gasteiger partial charge on any atom is -0.497 e. The average molecular weight is 361 g/mol. The summed E-state index contributed by atoms with van der Waals surface area (Å²) in [6.45, 7) is 0. The molecular weight excluding hydrogens is 346 g/mol. The number of ether oxygens (including phenoxy) is 1. The van der Waals surface area contributed by atoms with Crippen LogP contribution in [0.1, 0.15) is 22.6 Å². The Morgan fingerprint density at radius 3 is 2.59 bits per heavy atom. The minimum absolute atomic E-state index is 0.371. The van der Waals surface area contributed by atoms with Crippen molar-refractivity contribution in [3.63, 3.8) is 0 Å². The Morgan fingerprint density at radius 1 is 1.00 bits per heavy atom. The van der Waals surface area contributed by atoms with Gasteiger partial charge in [0.25, 0.3) is 5.56 Å². The fourth-order valence-electron chi connectivity index (χ4n) is 3.74. The molecule has 0 amide bonds. The summed E-state index contributed by atoms with van der Waals surface area (Å²) in [4.78, 5) is 29.5. The topological polar surface area (TPSA) is 116 Å². The second-order valence-corrected chi connectivity index (χ2v) is 6.39. The van der Waals surface area contributed by atoms with Gasteiger partial charge in [-0.25, -0.2) is 4.79 Å². The Balaban J connectivity index is 1.85. The van der Waals surface area contributed by atoms with Crippen molar-refractivity contribution < 1.29 is 4.74 Å². The van der Waals surface area contributed by atoms with Crippen molar-refractivity contribution in [2.24, 2.45) is 0 Å². The van der Waals surface area contributed by atoms with Crippen molar-refractivity contribution in [2.75, 3.05) is 12.4 Å². The van der Waals surface area contributed by atoms with Crippen LogP contribution in [0.3, 0.4) is 0 Å². The molecular formula is C19H15N5O3. The van der Waals surface area contributed by atoms with E-state index in [0.29, 0.717) is 11.4 Å². The Labute approximate surface area is 152 Å². The zero-order chi connectivity index (χ0) is 18.5. The number of H-pyrrole nitrogens is 3. The monoisotopic (exact) mass is 361 g/mol. The van der Waals surface area contributed by atoms with E-state index in [4.69, 9.17) is 4.74 Å². The third-order valence-corrected chi connectivity index (χ3v) is 4.93. The summed E-state index contributed by atoms with van der Waals surface area (Å²) in [5.41, 5.74) is 3.01. The molecule has 1 aliphatic heterocycles. The van der Waals surface area contributed by atoms with Crippen molar-refractivity contribution in [2.45, 2.75) is 5.92 Å². The first kappa shape index (κ1) is 15.4. The van der Waals surface area contributed by atoms with E-state index < -0.39 is 11.2 Å². The van der Waals surface area contributed by atoms with E-state index in [0.717, 1.165) is 33.5 Å². The van der Waals surface area contributed by atoms with E-state index in [1.54, 1.807) is 13.3 Å². The molecule has 2 aromatic carbocycles. The number of anilines is 2. The molecule has 2 aromatic heterocycles. The van der Waals surface area contributed by atoms with Gasteiger partial charge in [-0.2, -0.15) is 5.10 Å². The van der Waals surface area contributed by atoms with Crippen LogP contribution in [0.15, 0.2) is 52.2 Å². The molecule has 27 heavy (non-hydrogen) atoms. The predicted molar refractivity (Wildman–Crippen MR) is 101 cm³/mol. The van der Waals surface area contributed by atoms with E-state index in [2.05, 4.69) is 25.5 Å². The standard InChI is InChI=1S/C19H15N5O3/c1-27-10-4-2-9(3-5-10)14-15-11-8-20-24-12(11)6-7-13(15)21-17-16(14)18(25)23-19(26)22-17/h2-8,14H,1H3,(H,20,24)(H3,21,22,23,25,26). The number of aromatic amines is 3. The number of fused-ring (bicyclic) bond motifs is 4. The molecule has 0 radical (unpaired) electrons. The van der Waals surface area contributed by atoms with E-state index >= 15 is 0 Å². The van der Waals surface area contributed by atoms with Gasteiger partial charge in [0.1, 0.15) is 11.6 Å². The van der Waals surface area contributed by atoms with Crippen LogP contribution >= 0.6 is 0 Å². The summed E-state index contributed by atoms with van der Waals surface area (Å²) in [6, 6.07) is 11.4. The number of hydrogen-bond acceptors (Lipinski definition) is 5. The molecule has 5 rings (SSSR count). The molecule has 0 fully saturated rings. The molecule has 1 atom stereocenters. The van der Waals surface area contributed by atoms with Gasteiger partial charge in [-0.05, 0) is 35.4 Å². The van der Waals surface area contributed by atoms with Gasteiger partial charge in [0, 0.05) is 17.0 Å². The number of aromatic nitrogens is 4. The second kappa shape index (κ2) is 5.60. The third kappa shape index (κ3) is 2.27. The summed E-state index contributed by atoms with van der Waals surface area (Å²) in [5, 5.41) is 11.2. The van der Waals surface area contributed by atoms with Gasteiger partial charge in [0.05, 0.1) is 24.4 Å². The Morgan fingerprint density at radius 2 is 1.81 bits per heavy atom. The van der Waals surface area contributed by atoms with Gasteiger partial charge in [0.15, 0.2) is 0 Å². The van der Waals surface area contributed by atoms with E-state index in [1.165, 1.54) is 0 Å². The van der Waals surface area contributed by atoms with Crippen molar-refractivity contribution in [3.8, 4) is 5.75 Å². The fraction of sp³-hybridized carbons (Fsp3) is 0.105. The summed E-state index contributed by atoms with van der Waals surface area (Å²) >= 11 is 0. The smallest absolute Gasteiger partial charge is 0.327 e. The lowest BCUT2D eigenvalue weighted by Crippen LogP contribution is -2.31. The van der Waals surface area contributed by atoms with Crippen LogP contribution in [0.2, 0.25) is 0 Å². The second-order valence-electron chi connectivity index (χ2n) is 6.39. The molecule has 1 aliphatic rings. The van der Waals surface area contributed by atoms with E-state index in [9.17, 15) is 9.59 Å². The van der Waals surface area contributed by atoms with Crippen LogP contribution in [-0.4, -0.2) is 27.3 Å². The number of benzene rings is 2. The maximum atomic E-state index is 12.7. The molecule has 4 N–H and O–H groups in total. The normalized spacial score (nSPS) is 15.1. The van der Waals surface area contributed by atoms with Crippen LogP contribution in [0.5, 0.6) is 5.75 Å². The van der Waals surface area contributed by atoms with Crippen molar-refractivity contribution in [3.05, 3.63) is 80.1 Å². The van der Waals surface area contributed by atoms with Gasteiger partial charge in [-0.15, -0.1) is 0 Å². The van der Waals surface area contributed by atoms with E-state index in [-0.39, 0.29) is 5.92 Å². The van der Waals surface area contributed by atoms with Crippen LogP contribution in [0.25, 0.3) is 10.9 Å². The summed E-state index contributed by atoms with van der Waals surface area (Å²) < 4.78 is 5.25. The minimum atomic E-state index is -0.549. The molecule has 1 unspecified atom stereocenters. The van der Waals surface area contributed by atoms with Gasteiger partial charge in [-0.1, -0.05) is 12.1 Å². The Kier molecular flexibility index (Phi) is 3.20. The Hall–Kier alpha value is -3.81. The number of hydrogen-bond donors (Lipinski definition) is 4. The number of nitrogens with one attached hydrogen (secondary N) is 4. The first-order valence-corrected chi connectivity index (χ1v) is 8.39. The highest BCUT2D eigenvalue weighted by Crippen LogP contribution is 2.45. The van der Waals surface area contributed by atoms with Crippen LogP contribution < -0.4 is 21.3 Å². The zero-order valence-corrected chi connectivity index (χ0v) is 14.3. The summed E-state index contributed by atoms with van der Waals surface area (Å²) in [6.07, 6.45) is 1.75. The first-order valence-electron chi connectivity index (χ1n) is 8.39. The molecule has 8 nitrogen and oxygen atoms in total.